The van der Waals surface area contributed by atoms with Gasteiger partial charge in [-0.2, -0.15) is 0 Å². The summed E-state index contributed by atoms with van der Waals surface area (Å²) in [6.45, 7) is 4.56. The topological polar surface area (TPSA) is 111 Å². The van der Waals surface area contributed by atoms with Gasteiger partial charge in [-0.25, -0.2) is 9.48 Å². The molecule has 2 unspecified atom stereocenters. The minimum absolute atomic E-state index is 0.0969. The molecule has 172 valence electrons. The number of ether oxygens (including phenoxy) is 1. The van der Waals surface area contributed by atoms with Crippen molar-refractivity contribution in [3.63, 3.8) is 0 Å². The van der Waals surface area contributed by atoms with Crippen LogP contribution in [0, 0.1) is 6.92 Å². The Kier molecular flexibility index (Phi) is 7.12. The molecule has 0 fully saturated rings. The number of hydrogen-bond donors (Lipinski definition) is 2. The van der Waals surface area contributed by atoms with Crippen molar-refractivity contribution >= 4 is 23.5 Å². The van der Waals surface area contributed by atoms with E-state index < -0.39 is 35.5 Å². The van der Waals surface area contributed by atoms with Crippen LogP contribution in [-0.2, 0) is 21.4 Å². The number of rotatable bonds is 7. The number of amides is 2. The van der Waals surface area contributed by atoms with Crippen molar-refractivity contribution in [1.29, 1.82) is 0 Å². The van der Waals surface area contributed by atoms with E-state index in [4.69, 9.17) is 4.74 Å². The van der Waals surface area contributed by atoms with Crippen LogP contribution in [0.4, 0.5) is 5.69 Å². The van der Waals surface area contributed by atoms with Crippen molar-refractivity contribution < 1.29 is 19.1 Å². The Morgan fingerprint density at radius 1 is 0.939 bits per heavy atom. The summed E-state index contributed by atoms with van der Waals surface area (Å²) < 4.78 is 8.27. The lowest BCUT2D eigenvalue weighted by Crippen LogP contribution is -2.42. The molecule has 0 aliphatic heterocycles. The van der Waals surface area contributed by atoms with Gasteiger partial charge >= 0.3 is 5.97 Å². The van der Waals surface area contributed by atoms with E-state index in [0.29, 0.717) is 16.9 Å². The fraction of sp³-hybridized carbons (Fsp3) is 0.250. The minimum Gasteiger partial charge on any atom is -0.451 e. The summed E-state index contributed by atoms with van der Waals surface area (Å²) >= 11 is 0. The van der Waals surface area contributed by atoms with Gasteiger partial charge in [-0.3, -0.25) is 19.1 Å². The van der Waals surface area contributed by atoms with E-state index in [9.17, 15) is 19.2 Å². The lowest BCUT2D eigenvalue weighted by Gasteiger charge is -2.17. The maximum atomic E-state index is 12.9. The van der Waals surface area contributed by atoms with Crippen molar-refractivity contribution in [3.8, 4) is 5.69 Å². The van der Waals surface area contributed by atoms with Gasteiger partial charge < -0.3 is 15.4 Å². The van der Waals surface area contributed by atoms with Crippen molar-refractivity contribution in [2.75, 3.05) is 5.32 Å². The molecule has 1 aromatic heterocycles. The van der Waals surface area contributed by atoms with Crippen molar-refractivity contribution in [2.24, 2.45) is 7.05 Å². The van der Waals surface area contributed by atoms with Gasteiger partial charge in [-0.05, 0) is 45.0 Å². The van der Waals surface area contributed by atoms with Crippen LogP contribution in [0.5, 0.6) is 0 Å². The highest BCUT2D eigenvalue weighted by molar-refractivity contribution is 5.98. The molecule has 33 heavy (non-hydrogen) atoms. The molecular formula is C24H26N4O5. The zero-order chi connectivity index (χ0) is 24.1. The first kappa shape index (κ1) is 23.5. The molecule has 9 heteroatoms. The maximum Gasteiger partial charge on any atom is 0.329 e. The molecule has 2 atom stereocenters. The highest BCUT2D eigenvalue weighted by atomic mass is 16.5. The average molecular weight is 450 g/mol. The second-order valence-electron chi connectivity index (χ2n) is 7.57. The SMILES string of the molecule is Cc1c(NC(=O)C(C)OC(=O)C(C)NC(=O)c2ccccc2)c(=O)n(-c2ccccc2)n1C. The lowest BCUT2D eigenvalue weighted by atomic mass is 10.2. The largest absolute Gasteiger partial charge is 0.451 e. The summed E-state index contributed by atoms with van der Waals surface area (Å²) in [5, 5.41) is 5.10. The van der Waals surface area contributed by atoms with E-state index in [1.165, 1.54) is 18.5 Å². The number of anilines is 1. The van der Waals surface area contributed by atoms with Crippen LogP contribution in [0.2, 0.25) is 0 Å². The predicted molar refractivity (Wildman–Crippen MR) is 123 cm³/mol. The molecule has 2 amide bonds. The Morgan fingerprint density at radius 3 is 2.12 bits per heavy atom. The number of nitrogens with one attached hydrogen (secondary N) is 2. The highest BCUT2D eigenvalue weighted by Gasteiger charge is 2.26. The van der Waals surface area contributed by atoms with Crippen LogP contribution in [0.3, 0.4) is 0 Å². The van der Waals surface area contributed by atoms with Crippen LogP contribution in [0.1, 0.15) is 29.9 Å². The monoisotopic (exact) mass is 450 g/mol. The zero-order valence-electron chi connectivity index (χ0n) is 18.9. The molecule has 3 aromatic rings. The molecule has 2 aromatic carbocycles. The van der Waals surface area contributed by atoms with Crippen LogP contribution < -0.4 is 16.2 Å². The van der Waals surface area contributed by atoms with Crippen molar-refractivity contribution in [2.45, 2.75) is 32.9 Å². The highest BCUT2D eigenvalue weighted by Crippen LogP contribution is 2.14. The Bertz CT molecular complexity index is 1210. The van der Waals surface area contributed by atoms with Crippen LogP contribution >= 0.6 is 0 Å². The third-order valence-corrected chi connectivity index (χ3v) is 5.20. The molecule has 0 spiro atoms. The van der Waals surface area contributed by atoms with Gasteiger partial charge in [-0.1, -0.05) is 36.4 Å². The minimum atomic E-state index is -1.18. The Balaban J connectivity index is 1.66. The quantitative estimate of drug-likeness (QED) is 0.536. The summed E-state index contributed by atoms with van der Waals surface area (Å²) in [6.07, 6.45) is -1.18. The number of para-hydroxylation sites is 1. The van der Waals surface area contributed by atoms with Gasteiger partial charge in [0.1, 0.15) is 11.7 Å². The molecule has 0 aliphatic carbocycles. The van der Waals surface area contributed by atoms with Gasteiger partial charge in [-0.15, -0.1) is 0 Å². The van der Waals surface area contributed by atoms with E-state index in [-0.39, 0.29) is 5.69 Å². The third kappa shape index (κ3) is 5.20. The van der Waals surface area contributed by atoms with E-state index in [2.05, 4.69) is 10.6 Å². The summed E-state index contributed by atoms with van der Waals surface area (Å²) in [6, 6.07) is 16.5. The standard InChI is InChI=1S/C24H26N4O5/c1-15(25-22(30)18-11-7-5-8-12-18)24(32)33-17(3)21(29)26-20-16(2)27(4)28(23(20)31)19-13-9-6-10-14-19/h5-15,17H,1-4H3,(H,25,30)(H,26,29). The third-order valence-electron chi connectivity index (χ3n) is 5.20. The van der Waals surface area contributed by atoms with Gasteiger partial charge in [0.15, 0.2) is 6.10 Å². The number of carbonyl (C=O) groups is 3. The molecule has 0 saturated carbocycles. The van der Waals surface area contributed by atoms with E-state index in [0.717, 1.165) is 0 Å². The predicted octanol–water partition coefficient (Wildman–Crippen LogP) is 2.17. The van der Waals surface area contributed by atoms with Gasteiger partial charge in [0.25, 0.3) is 17.4 Å². The first-order chi connectivity index (χ1) is 15.7. The molecule has 0 bridgehead atoms. The first-order valence-corrected chi connectivity index (χ1v) is 10.4. The molecule has 0 aliphatic rings. The second kappa shape index (κ2) is 9.99. The van der Waals surface area contributed by atoms with Crippen molar-refractivity contribution in [1.82, 2.24) is 14.7 Å². The molecule has 9 nitrogen and oxygen atoms in total. The average Bonchev–Trinajstić information content (AvgIpc) is 3.02. The molecule has 2 N–H and O–H groups in total. The fourth-order valence-corrected chi connectivity index (χ4v) is 3.20. The summed E-state index contributed by atoms with van der Waals surface area (Å²) in [7, 11) is 1.71. The maximum absolute atomic E-state index is 12.9. The molecule has 1 heterocycles. The van der Waals surface area contributed by atoms with Crippen LogP contribution in [0.25, 0.3) is 5.69 Å². The normalized spacial score (nSPS) is 12.5. The van der Waals surface area contributed by atoms with Crippen LogP contribution in [-0.4, -0.2) is 39.3 Å². The van der Waals surface area contributed by atoms with Crippen LogP contribution in [0.15, 0.2) is 65.5 Å². The second-order valence-corrected chi connectivity index (χ2v) is 7.57. The Hall–Kier alpha value is -4.14. The van der Waals surface area contributed by atoms with Gasteiger partial charge in [0, 0.05) is 12.6 Å². The summed E-state index contributed by atoms with van der Waals surface area (Å²) in [5.74, 6) is -1.86. The molecule has 0 radical (unpaired) electrons. The molecule has 0 saturated heterocycles. The number of aromatic nitrogens is 2. The summed E-state index contributed by atoms with van der Waals surface area (Å²) in [5.41, 5.74) is 1.28. The zero-order valence-corrected chi connectivity index (χ0v) is 18.9. The number of carbonyl (C=O) groups excluding carboxylic acids is 3. The number of nitrogens with zero attached hydrogens (tertiary/aromatic N) is 2. The number of benzene rings is 2. The molecule has 3 rings (SSSR count). The lowest BCUT2D eigenvalue weighted by molar-refractivity contribution is -0.154. The Morgan fingerprint density at radius 2 is 1.52 bits per heavy atom. The van der Waals surface area contributed by atoms with E-state index in [1.54, 1.807) is 61.1 Å². The smallest absolute Gasteiger partial charge is 0.329 e. The van der Waals surface area contributed by atoms with Gasteiger partial charge in [0.05, 0.1) is 11.4 Å². The van der Waals surface area contributed by atoms with E-state index in [1.807, 2.05) is 18.2 Å². The summed E-state index contributed by atoms with van der Waals surface area (Å²) in [4.78, 5) is 50.1. The first-order valence-electron chi connectivity index (χ1n) is 10.4. The van der Waals surface area contributed by atoms with Gasteiger partial charge in [0.2, 0.25) is 0 Å². The van der Waals surface area contributed by atoms with Crippen molar-refractivity contribution in [3.05, 3.63) is 82.3 Å². The molecular weight excluding hydrogens is 424 g/mol. The fourth-order valence-electron chi connectivity index (χ4n) is 3.20. The Labute approximate surface area is 191 Å². The van der Waals surface area contributed by atoms with E-state index >= 15 is 0 Å². The number of esters is 1. The number of hydrogen-bond acceptors (Lipinski definition) is 5.